The van der Waals surface area contributed by atoms with Crippen LogP contribution in [-0.4, -0.2) is 11.1 Å². The molecule has 0 spiro atoms. The largest absolute Gasteiger partial charge is 0.481 e. The molecule has 1 aromatic rings. The summed E-state index contributed by atoms with van der Waals surface area (Å²) in [6, 6.07) is -0.928. The topological polar surface area (TPSA) is 63.3 Å². The first-order valence-electron chi connectivity index (χ1n) is 5.18. The van der Waals surface area contributed by atoms with Crippen LogP contribution in [0.2, 0.25) is 0 Å². The van der Waals surface area contributed by atoms with E-state index in [1.807, 2.05) is 0 Å². The smallest absolute Gasteiger partial charge is 0.416 e. The molecular formula is C11H9F6NO2. The molecule has 0 amide bonds. The van der Waals surface area contributed by atoms with Gasteiger partial charge in [0, 0.05) is 6.04 Å². The van der Waals surface area contributed by atoms with Gasteiger partial charge in [-0.05, 0) is 23.8 Å². The summed E-state index contributed by atoms with van der Waals surface area (Å²) < 4.78 is 75.5. The maximum atomic E-state index is 12.7. The zero-order valence-electron chi connectivity index (χ0n) is 9.72. The Bertz CT molecular complexity index is 509. The number of aliphatic carboxylic acids is 1. The van der Waals surface area contributed by atoms with Crippen LogP contribution in [-0.2, 0) is 17.1 Å². The Hall–Kier alpha value is -1.77. The molecule has 1 aromatic carbocycles. The lowest BCUT2D eigenvalue weighted by Crippen LogP contribution is -2.21. The monoisotopic (exact) mass is 301 g/mol. The van der Waals surface area contributed by atoms with Crippen molar-refractivity contribution in [3.05, 3.63) is 34.9 Å². The number of benzene rings is 1. The maximum Gasteiger partial charge on any atom is 0.416 e. The minimum absolute atomic E-state index is 0.233. The Labute approximate surface area is 109 Å². The fourth-order valence-electron chi connectivity index (χ4n) is 1.60. The fraction of sp³-hybridized carbons (Fsp3) is 0.364. The summed E-state index contributed by atoms with van der Waals surface area (Å²) >= 11 is 0. The third kappa shape index (κ3) is 3.86. The van der Waals surface area contributed by atoms with Crippen LogP contribution in [0.3, 0.4) is 0 Å². The summed E-state index contributed by atoms with van der Waals surface area (Å²) in [6.07, 6.45) is -10.7. The van der Waals surface area contributed by atoms with E-state index in [0.29, 0.717) is 0 Å². The zero-order valence-corrected chi connectivity index (χ0v) is 9.72. The summed E-state index contributed by atoms with van der Waals surface area (Å²) in [5.74, 6) is -1.51. The number of hydrogen-bond acceptors (Lipinski definition) is 2. The van der Waals surface area contributed by atoms with Crippen molar-refractivity contribution in [1.29, 1.82) is 0 Å². The van der Waals surface area contributed by atoms with E-state index in [9.17, 15) is 31.1 Å². The Kier molecular flexibility index (Phi) is 4.33. The standard InChI is InChI=1S/C11H9F6NO2/c12-10(13,14)5-1-2-7(11(15,16)17)6(3-5)8(18)4-9(19)20/h1-3,8H,4,18H2,(H,19,20). The summed E-state index contributed by atoms with van der Waals surface area (Å²) in [5, 5.41) is 8.48. The minimum Gasteiger partial charge on any atom is -0.481 e. The molecule has 1 rings (SSSR count). The van der Waals surface area contributed by atoms with E-state index in [1.54, 1.807) is 0 Å². The molecule has 0 heterocycles. The van der Waals surface area contributed by atoms with E-state index in [2.05, 4.69) is 0 Å². The van der Waals surface area contributed by atoms with Gasteiger partial charge in [-0.25, -0.2) is 0 Å². The molecule has 112 valence electrons. The second-order valence-corrected chi connectivity index (χ2v) is 4.00. The quantitative estimate of drug-likeness (QED) is 0.843. The SMILES string of the molecule is NC(CC(=O)O)c1cc(C(F)(F)F)ccc1C(F)(F)F. The van der Waals surface area contributed by atoms with Crippen LogP contribution < -0.4 is 5.73 Å². The number of alkyl halides is 6. The van der Waals surface area contributed by atoms with Crippen LogP contribution in [0, 0.1) is 0 Å². The molecule has 0 radical (unpaired) electrons. The Morgan fingerprint density at radius 2 is 1.70 bits per heavy atom. The predicted molar refractivity (Wildman–Crippen MR) is 55.6 cm³/mol. The van der Waals surface area contributed by atoms with Gasteiger partial charge in [0.25, 0.3) is 0 Å². The molecule has 0 bridgehead atoms. The van der Waals surface area contributed by atoms with Gasteiger partial charge in [-0.2, -0.15) is 26.3 Å². The predicted octanol–water partition coefficient (Wildman–Crippen LogP) is 3.20. The van der Waals surface area contributed by atoms with Crippen molar-refractivity contribution in [3.63, 3.8) is 0 Å². The molecule has 20 heavy (non-hydrogen) atoms. The highest BCUT2D eigenvalue weighted by molar-refractivity contribution is 5.68. The van der Waals surface area contributed by atoms with Gasteiger partial charge in [0.1, 0.15) is 0 Å². The van der Waals surface area contributed by atoms with Crippen LogP contribution in [0.1, 0.15) is 29.2 Å². The number of nitrogens with two attached hydrogens (primary N) is 1. The van der Waals surface area contributed by atoms with Crippen molar-refractivity contribution in [2.24, 2.45) is 5.73 Å². The highest BCUT2D eigenvalue weighted by atomic mass is 19.4. The molecule has 0 saturated heterocycles. The van der Waals surface area contributed by atoms with Crippen LogP contribution in [0.4, 0.5) is 26.3 Å². The first-order valence-corrected chi connectivity index (χ1v) is 5.18. The summed E-state index contributed by atoms with van der Waals surface area (Å²) in [7, 11) is 0. The van der Waals surface area contributed by atoms with Gasteiger partial charge in [0.15, 0.2) is 0 Å². The first-order chi connectivity index (χ1) is 8.93. The van der Waals surface area contributed by atoms with E-state index in [-0.39, 0.29) is 18.2 Å². The molecule has 1 atom stereocenters. The van der Waals surface area contributed by atoms with Gasteiger partial charge in [-0.1, -0.05) is 0 Å². The number of carbonyl (C=O) groups is 1. The second-order valence-electron chi connectivity index (χ2n) is 4.00. The summed E-state index contributed by atoms with van der Waals surface area (Å²) in [5.41, 5.74) is 1.67. The number of carboxylic acid groups (broad SMARTS) is 1. The number of halogens is 6. The van der Waals surface area contributed by atoms with Crippen molar-refractivity contribution in [2.45, 2.75) is 24.8 Å². The average Bonchev–Trinajstić information content (AvgIpc) is 2.24. The van der Waals surface area contributed by atoms with E-state index in [0.717, 1.165) is 0 Å². The highest BCUT2D eigenvalue weighted by Gasteiger charge is 2.38. The molecule has 1 unspecified atom stereocenters. The van der Waals surface area contributed by atoms with Gasteiger partial charge in [0.05, 0.1) is 17.5 Å². The van der Waals surface area contributed by atoms with Crippen LogP contribution in [0.5, 0.6) is 0 Å². The van der Waals surface area contributed by atoms with Crippen molar-refractivity contribution >= 4 is 5.97 Å². The van der Waals surface area contributed by atoms with E-state index >= 15 is 0 Å². The lowest BCUT2D eigenvalue weighted by Gasteiger charge is -2.19. The molecule has 0 fully saturated rings. The van der Waals surface area contributed by atoms with Crippen LogP contribution in [0.15, 0.2) is 18.2 Å². The Balaban J connectivity index is 3.37. The van der Waals surface area contributed by atoms with E-state index < -0.39 is 47.5 Å². The summed E-state index contributed by atoms with van der Waals surface area (Å²) in [4.78, 5) is 10.4. The van der Waals surface area contributed by atoms with Crippen molar-refractivity contribution in [1.82, 2.24) is 0 Å². The molecular weight excluding hydrogens is 292 g/mol. The maximum absolute atomic E-state index is 12.7. The van der Waals surface area contributed by atoms with Gasteiger partial charge in [-0.15, -0.1) is 0 Å². The normalized spacial score (nSPS) is 14.2. The van der Waals surface area contributed by atoms with E-state index in [1.165, 1.54) is 0 Å². The van der Waals surface area contributed by atoms with Crippen LogP contribution in [0.25, 0.3) is 0 Å². The van der Waals surface area contributed by atoms with Crippen molar-refractivity contribution in [3.8, 4) is 0 Å². The molecule has 9 heteroatoms. The number of rotatable bonds is 3. The Morgan fingerprint density at radius 3 is 2.10 bits per heavy atom. The van der Waals surface area contributed by atoms with Crippen molar-refractivity contribution < 1.29 is 36.2 Å². The number of carboxylic acids is 1. The molecule has 3 N–H and O–H groups in total. The van der Waals surface area contributed by atoms with Crippen molar-refractivity contribution in [2.75, 3.05) is 0 Å². The highest BCUT2D eigenvalue weighted by Crippen LogP contribution is 2.38. The molecule has 0 aliphatic carbocycles. The van der Waals surface area contributed by atoms with Gasteiger partial charge < -0.3 is 10.8 Å². The molecule has 0 aliphatic rings. The third-order valence-corrected chi connectivity index (χ3v) is 2.48. The zero-order chi connectivity index (χ0) is 15.7. The van der Waals surface area contributed by atoms with Gasteiger partial charge in [0.2, 0.25) is 0 Å². The van der Waals surface area contributed by atoms with Gasteiger partial charge in [-0.3, -0.25) is 4.79 Å². The minimum atomic E-state index is -4.92. The second kappa shape index (κ2) is 5.31. The van der Waals surface area contributed by atoms with Crippen LogP contribution >= 0.6 is 0 Å². The summed E-state index contributed by atoms with van der Waals surface area (Å²) in [6.45, 7) is 0. The molecule has 0 aromatic heterocycles. The molecule has 0 saturated carbocycles. The fourth-order valence-corrected chi connectivity index (χ4v) is 1.60. The lowest BCUT2D eigenvalue weighted by atomic mass is 9.95. The lowest BCUT2D eigenvalue weighted by molar-refractivity contribution is -0.142. The molecule has 3 nitrogen and oxygen atoms in total. The van der Waals surface area contributed by atoms with E-state index in [4.69, 9.17) is 10.8 Å². The number of hydrogen-bond donors (Lipinski definition) is 2. The third-order valence-electron chi connectivity index (χ3n) is 2.48. The first kappa shape index (κ1) is 16.3. The molecule has 0 aliphatic heterocycles. The van der Waals surface area contributed by atoms with Gasteiger partial charge >= 0.3 is 18.3 Å². The Morgan fingerprint density at radius 1 is 1.15 bits per heavy atom. The average molecular weight is 301 g/mol.